The first-order valence-electron chi connectivity index (χ1n) is 5.80. The predicted molar refractivity (Wildman–Crippen MR) is 86.1 cm³/mol. The van der Waals surface area contributed by atoms with Gasteiger partial charge < -0.3 is 5.73 Å². The van der Waals surface area contributed by atoms with E-state index in [1.54, 1.807) is 42.6 Å². The average Bonchev–Trinajstić information content (AvgIpc) is 2.45. The number of ketones is 1. The van der Waals surface area contributed by atoms with Crippen LogP contribution in [0, 0.1) is 0 Å². The third kappa shape index (κ3) is 4.21. The number of rotatable bonds is 5. The standard InChI is InChI=1S/C14H13ClN2OS.ClH/c15-11-5-3-10(4-6-11)13(18)12-2-1-8-17-14(12)19-9-7-16;/h1-6,8H,7,9,16H2;1H. The first-order chi connectivity index (χ1) is 9.22. The van der Waals surface area contributed by atoms with Crippen LogP contribution in [0.5, 0.6) is 0 Å². The molecule has 0 spiro atoms. The van der Waals surface area contributed by atoms with Crippen LogP contribution in [0.2, 0.25) is 5.02 Å². The van der Waals surface area contributed by atoms with Crippen LogP contribution in [-0.2, 0) is 0 Å². The number of carbonyl (C=O) groups is 1. The molecule has 0 aliphatic heterocycles. The Bertz CT molecular complexity index is 576. The summed E-state index contributed by atoms with van der Waals surface area (Å²) < 4.78 is 0. The first-order valence-corrected chi connectivity index (χ1v) is 7.17. The normalized spacial score (nSPS) is 9.90. The molecule has 0 unspecified atom stereocenters. The van der Waals surface area contributed by atoms with Crippen molar-refractivity contribution >= 4 is 41.6 Å². The highest BCUT2D eigenvalue weighted by Crippen LogP contribution is 2.22. The molecule has 0 amide bonds. The van der Waals surface area contributed by atoms with E-state index in [0.29, 0.717) is 27.7 Å². The molecule has 1 aromatic carbocycles. The van der Waals surface area contributed by atoms with E-state index in [0.717, 1.165) is 5.75 Å². The quantitative estimate of drug-likeness (QED) is 0.674. The second kappa shape index (κ2) is 8.27. The van der Waals surface area contributed by atoms with Gasteiger partial charge in [0.15, 0.2) is 5.78 Å². The van der Waals surface area contributed by atoms with Gasteiger partial charge in [-0.2, -0.15) is 0 Å². The Morgan fingerprint density at radius 1 is 1.25 bits per heavy atom. The molecule has 0 atom stereocenters. The number of aromatic nitrogens is 1. The summed E-state index contributed by atoms with van der Waals surface area (Å²) in [4.78, 5) is 16.7. The van der Waals surface area contributed by atoms with Crippen molar-refractivity contribution in [2.45, 2.75) is 5.03 Å². The second-order valence-corrected chi connectivity index (χ2v) is 5.35. The highest BCUT2D eigenvalue weighted by atomic mass is 35.5. The van der Waals surface area contributed by atoms with E-state index in [2.05, 4.69) is 4.98 Å². The van der Waals surface area contributed by atoms with E-state index in [-0.39, 0.29) is 18.2 Å². The summed E-state index contributed by atoms with van der Waals surface area (Å²) in [6.07, 6.45) is 1.68. The van der Waals surface area contributed by atoms with Gasteiger partial charge in [0.05, 0.1) is 5.56 Å². The Hall–Kier alpha value is -1.07. The highest BCUT2D eigenvalue weighted by molar-refractivity contribution is 7.99. The molecule has 2 aromatic rings. The Kier molecular flexibility index (Phi) is 7.02. The van der Waals surface area contributed by atoms with Crippen LogP contribution >= 0.6 is 35.8 Å². The van der Waals surface area contributed by atoms with Gasteiger partial charge in [0, 0.05) is 29.1 Å². The summed E-state index contributed by atoms with van der Waals surface area (Å²) in [5.41, 5.74) is 6.69. The van der Waals surface area contributed by atoms with Crippen LogP contribution in [0.1, 0.15) is 15.9 Å². The zero-order valence-corrected chi connectivity index (χ0v) is 13.0. The van der Waals surface area contributed by atoms with Crippen LogP contribution in [-0.4, -0.2) is 23.1 Å². The maximum atomic E-state index is 12.4. The lowest BCUT2D eigenvalue weighted by Crippen LogP contribution is -2.06. The number of halogens is 2. The minimum Gasteiger partial charge on any atom is -0.330 e. The fourth-order valence-corrected chi connectivity index (χ4v) is 2.48. The van der Waals surface area contributed by atoms with E-state index >= 15 is 0 Å². The molecule has 0 aliphatic rings. The molecule has 0 saturated heterocycles. The number of thioether (sulfide) groups is 1. The first kappa shape index (κ1) is 17.0. The third-order valence-electron chi connectivity index (χ3n) is 2.48. The number of carbonyl (C=O) groups excluding carboxylic acids is 1. The SMILES string of the molecule is Cl.NCCSc1ncccc1C(=O)c1ccc(Cl)cc1. The van der Waals surface area contributed by atoms with Crippen molar-refractivity contribution in [2.75, 3.05) is 12.3 Å². The van der Waals surface area contributed by atoms with Crippen molar-refractivity contribution in [3.63, 3.8) is 0 Å². The zero-order chi connectivity index (χ0) is 13.7. The summed E-state index contributed by atoms with van der Waals surface area (Å²) in [5, 5.41) is 1.33. The Morgan fingerprint density at radius 2 is 1.95 bits per heavy atom. The molecule has 1 aromatic heterocycles. The van der Waals surface area contributed by atoms with Gasteiger partial charge in [-0.05, 0) is 36.4 Å². The predicted octanol–water partition coefficient (Wildman–Crippen LogP) is 3.44. The maximum Gasteiger partial charge on any atom is 0.195 e. The summed E-state index contributed by atoms with van der Waals surface area (Å²) >= 11 is 7.31. The third-order valence-corrected chi connectivity index (χ3v) is 3.77. The molecule has 0 fully saturated rings. The average molecular weight is 329 g/mol. The lowest BCUT2D eigenvalue weighted by atomic mass is 10.1. The minimum atomic E-state index is -0.0516. The number of hydrogen-bond donors (Lipinski definition) is 1. The Balaban J connectivity index is 0.00000200. The molecule has 3 nitrogen and oxygen atoms in total. The fourth-order valence-electron chi connectivity index (χ4n) is 1.59. The van der Waals surface area contributed by atoms with Crippen LogP contribution < -0.4 is 5.73 Å². The van der Waals surface area contributed by atoms with Gasteiger partial charge in [-0.15, -0.1) is 24.2 Å². The molecule has 2 rings (SSSR count). The van der Waals surface area contributed by atoms with Gasteiger partial charge in [0.1, 0.15) is 5.03 Å². The molecular weight excluding hydrogens is 315 g/mol. The smallest absolute Gasteiger partial charge is 0.195 e. The largest absolute Gasteiger partial charge is 0.330 e. The van der Waals surface area contributed by atoms with Crippen molar-refractivity contribution in [2.24, 2.45) is 5.73 Å². The van der Waals surface area contributed by atoms with E-state index in [4.69, 9.17) is 17.3 Å². The monoisotopic (exact) mass is 328 g/mol. The van der Waals surface area contributed by atoms with Gasteiger partial charge in [-0.25, -0.2) is 4.98 Å². The van der Waals surface area contributed by atoms with Crippen molar-refractivity contribution < 1.29 is 4.79 Å². The lowest BCUT2D eigenvalue weighted by Gasteiger charge is -2.06. The van der Waals surface area contributed by atoms with E-state index in [1.807, 2.05) is 0 Å². The van der Waals surface area contributed by atoms with Gasteiger partial charge >= 0.3 is 0 Å². The molecule has 0 bridgehead atoms. The lowest BCUT2D eigenvalue weighted by molar-refractivity contribution is 0.103. The van der Waals surface area contributed by atoms with Crippen molar-refractivity contribution in [1.29, 1.82) is 0 Å². The molecular formula is C14H14Cl2N2OS. The van der Waals surface area contributed by atoms with Crippen molar-refractivity contribution in [1.82, 2.24) is 4.98 Å². The van der Waals surface area contributed by atoms with E-state index in [1.165, 1.54) is 11.8 Å². The molecule has 1 heterocycles. The molecule has 20 heavy (non-hydrogen) atoms. The van der Waals surface area contributed by atoms with Gasteiger partial charge in [0.25, 0.3) is 0 Å². The number of benzene rings is 1. The fraction of sp³-hybridized carbons (Fsp3) is 0.143. The molecule has 0 saturated carbocycles. The minimum absolute atomic E-state index is 0. The second-order valence-electron chi connectivity index (χ2n) is 3.83. The van der Waals surface area contributed by atoms with Crippen LogP contribution in [0.25, 0.3) is 0 Å². The van der Waals surface area contributed by atoms with Gasteiger partial charge in [-0.1, -0.05) is 11.6 Å². The molecule has 6 heteroatoms. The van der Waals surface area contributed by atoms with E-state index < -0.39 is 0 Å². The van der Waals surface area contributed by atoms with Crippen LogP contribution in [0.4, 0.5) is 0 Å². The summed E-state index contributed by atoms with van der Waals surface area (Å²) in [6.45, 7) is 0.551. The Morgan fingerprint density at radius 3 is 2.60 bits per heavy atom. The van der Waals surface area contributed by atoms with Gasteiger partial charge in [0.2, 0.25) is 0 Å². The highest BCUT2D eigenvalue weighted by Gasteiger charge is 2.14. The number of nitrogens with two attached hydrogens (primary N) is 1. The van der Waals surface area contributed by atoms with Crippen molar-refractivity contribution in [3.8, 4) is 0 Å². The van der Waals surface area contributed by atoms with Crippen molar-refractivity contribution in [3.05, 3.63) is 58.7 Å². The van der Waals surface area contributed by atoms with E-state index in [9.17, 15) is 4.79 Å². The Labute approximate surface area is 133 Å². The maximum absolute atomic E-state index is 12.4. The summed E-state index contributed by atoms with van der Waals surface area (Å²) in [5.74, 6) is 0.682. The zero-order valence-electron chi connectivity index (χ0n) is 10.6. The number of hydrogen-bond acceptors (Lipinski definition) is 4. The molecule has 2 N–H and O–H groups in total. The van der Waals surface area contributed by atoms with Crippen LogP contribution in [0.3, 0.4) is 0 Å². The molecule has 0 aliphatic carbocycles. The molecule has 106 valence electrons. The summed E-state index contributed by atoms with van der Waals surface area (Å²) in [6, 6.07) is 10.4. The van der Waals surface area contributed by atoms with Crippen LogP contribution in [0.15, 0.2) is 47.6 Å². The van der Waals surface area contributed by atoms with Gasteiger partial charge in [-0.3, -0.25) is 4.79 Å². The molecule has 0 radical (unpaired) electrons. The topological polar surface area (TPSA) is 56.0 Å². The number of nitrogens with zero attached hydrogens (tertiary/aromatic N) is 1. The number of pyridine rings is 1. The summed E-state index contributed by atoms with van der Waals surface area (Å²) in [7, 11) is 0.